The van der Waals surface area contributed by atoms with Crippen molar-refractivity contribution >= 4 is 11.9 Å². The van der Waals surface area contributed by atoms with Crippen LogP contribution in [0.2, 0.25) is 0 Å². The molecule has 2 fully saturated rings. The predicted molar refractivity (Wildman–Crippen MR) is 38.1 cm³/mol. The third-order valence-electron chi connectivity index (χ3n) is 2.57. The minimum absolute atomic E-state index is 0.163. The van der Waals surface area contributed by atoms with Crippen molar-refractivity contribution in [2.75, 3.05) is 13.2 Å². The van der Waals surface area contributed by atoms with Crippen molar-refractivity contribution in [1.29, 1.82) is 0 Å². The highest BCUT2D eigenvalue weighted by Gasteiger charge is 2.50. The van der Waals surface area contributed by atoms with Gasteiger partial charge in [0.1, 0.15) is 0 Å². The molecule has 4 nitrogen and oxygen atoms in total. The van der Waals surface area contributed by atoms with Gasteiger partial charge in [-0.2, -0.15) is 0 Å². The normalized spacial score (nSPS) is 32.9. The number of rotatable bonds is 1. The topological polar surface area (TPSA) is 52.6 Å². The zero-order valence-electron chi connectivity index (χ0n) is 6.83. The van der Waals surface area contributed by atoms with Crippen LogP contribution in [0.25, 0.3) is 0 Å². The van der Waals surface area contributed by atoms with Crippen molar-refractivity contribution in [3.05, 3.63) is 0 Å². The van der Waals surface area contributed by atoms with Crippen LogP contribution in [0.1, 0.15) is 13.3 Å². The number of cyclic esters (lactones) is 2. The standard InChI is InChI=1S/C8H10O4/c1-8(3-11-4-8)5-2-6(9)12-7(5)10/h5H,2-4H2,1H3. The summed E-state index contributed by atoms with van der Waals surface area (Å²) in [5, 5.41) is 0. The van der Waals surface area contributed by atoms with E-state index in [-0.39, 0.29) is 23.7 Å². The fourth-order valence-electron chi connectivity index (χ4n) is 1.63. The van der Waals surface area contributed by atoms with Gasteiger partial charge in [0.05, 0.1) is 25.6 Å². The second-order valence-electron chi connectivity index (χ2n) is 3.70. The molecule has 0 aliphatic carbocycles. The molecule has 2 rings (SSSR count). The van der Waals surface area contributed by atoms with Crippen LogP contribution in [0.3, 0.4) is 0 Å². The Morgan fingerprint density at radius 1 is 1.42 bits per heavy atom. The molecule has 66 valence electrons. The third kappa shape index (κ3) is 0.948. The molecule has 0 N–H and O–H groups in total. The summed E-state index contributed by atoms with van der Waals surface area (Å²) in [5.41, 5.74) is -0.163. The largest absolute Gasteiger partial charge is 0.393 e. The van der Waals surface area contributed by atoms with Crippen LogP contribution in [-0.4, -0.2) is 25.2 Å². The number of hydrogen-bond acceptors (Lipinski definition) is 4. The van der Waals surface area contributed by atoms with E-state index in [0.29, 0.717) is 13.2 Å². The molecule has 0 radical (unpaired) electrons. The molecule has 0 saturated carbocycles. The molecular weight excluding hydrogens is 160 g/mol. The van der Waals surface area contributed by atoms with E-state index in [1.807, 2.05) is 6.92 Å². The lowest BCUT2D eigenvalue weighted by molar-refractivity contribution is -0.165. The van der Waals surface area contributed by atoms with Crippen molar-refractivity contribution in [2.45, 2.75) is 13.3 Å². The van der Waals surface area contributed by atoms with Crippen LogP contribution in [0, 0.1) is 11.3 Å². The van der Waals surface area contributed by atoms with Crippen molar-refractivity contribution in [2.24, 2.45) is 11.3 Å². The van der Waals surface area contributed by atoms with Crippen LogP contribution in [0.4, 0.5) is 0 Å². The molecular formula is C8H10O4. The first kappa shape index (κ1) is 7.73. The maximum absolute atomic E-state index is 11.1. The summed E-state index contributed by atoms with van der Waals surface area (Å²) >= 11 is 0. The molecule has 1 unspecified atom stereocenters. The smallest absolute Gasteiger partial charge is 0.317 e. The molecule has 0 bridgehead atoms. The molecule has 2 heterocycles. The number of ether oxygens (including phenoxy) is 2. The van der Waals surface area contributed by atoms with E-state index in [0.717, 1.165) is 0 Å². The van der Waals surface area contributed by atoms with Gasteiger partial charge in [-0.05, 0) is 0 Å². The molecule has 0 aromatic carbocycles. The van der Waals surface area contributed by atoms with E-state index in [2.05, 4.69) is 4.74 Å². The quantitative estimate of drug-likeness (QED) is 0.414. The van der Waals surface area contributed by atoms with Gasteiger partial charge in [0.15, 0.2) is 0 Å². The third-order valence-corrected chi connectivity index (χ3v) is 2.57. The number of hydrogen-bond donors (Lipinski definition) is 0. The molecule has 0 aromatic heterocycles. The van der Waals surface area contributed by atoms with Crippen LogP contribution < -0.4 is 0 Å². The number of carbonyl (C=O) groups is 2. The molecule has 0 aromatic rings. The lowest BCUT2D eigenvalue weighted by atomic mass is 9.74. The molecule has 4 heteroatoms. The summed E-state index contributed by atoms with van der Waals surface area (Å²) in [4.78, 5) is 21.9. The first-order valence-electron chi connectivity index (χ1n) is 3.94. The van der Waals surface area contributed by atoms with E-state index >= 15 is 0 Å². The van der Waals surface area contributed by atoms with Gasteiger partial charge in [0, 0.05) is 5.41 Å². The highest BCUT2D eigenvalue weighted by molar-refractivity contribution is 5.95. The number of carbonyl (C=O) groups excluding carboxylic acids is 2. The van der Waals surface area contributed by atoms with Gasteiger partial charge in [-0.3, -0.25) is 9.59 Å². The van der Waals surface area contributed by atoms with Crippen LogP contribution >= 0.6 is 0 Å². The maximum Gasteiger partial charge on any atom is 0.317 e. The minimum Gasteiger partial charge on any atom is -0.393 e. The fourth-order valence-corrected chi connectivity index (χ4v) is 1.63. The average Bonchev–Trinajstić information content (AvgIpc) is 2.25. The summed E-state index contributed by atoms with van der Waals surface area (Å²) in [6.45, 7) is 3.06. The Bertz CT molecular complexity index is 241. The van der Waals surface area contributed by atoms with Crippen molar-refractivity contribution in [1.82, 2.24) is 0 Å². The maximum atomic E-state index is 11.1. The number of esters is 2. The Morgan fingerprint density at radius 3 is 2.42 bits per heavy atom. The van der Waals surface area contributed by atoms with E-state index in [4.69, 9.17) is 4.74 Å². The van der Waals surface area contributed by atoms with E-state index < -0.39 is 5.97 Å². The van der Waals surface area contributed by atoms with Crippen LogP contribution in [0.5, 0.6) is 0 Å². The predicted octanol–water partition coefficient (Wildman–Crippen LogP) is 0.113. The molecule has 2 aliphatic rings. The molecule has 2 aliphatic heterocycles. The molecule has 2 saturated heterocycles. The highest BCUT2D eigenvalue weighted by atomic mass is 16.6. The zero-order chi connectivity index (χ0) is 8.77. The van der Waals surface area contributed by atoms with Crippen molar-refractivity contribution < 1.29 is 19.1 Å². The fraction of sp³-hybridized carbons (Fsp3) is 0.750. The van der Waals surface area contributed by atoms with E-state index in [1.54, 1.807) is 0 Å². The van der Waals surface area contributed by atoms with Crippen molar-refractivity contribution in [3.8, 4) is 0 Å². The Morgan fingerprint density at radius 2 is 2.08 bits per heavy atom. The van der Waals surface area contributed by atoms with E-state index in [1.165, 1.54) is 0 Å². The molecule has 12 heavy (non-hydrogen) atoms. The summed E-state index contributed by atoms with van der Waals surface area (Å²) in [5.74, 6) is -1.07. The SMILES string of the molecule is CC1(C2CC(=O)OC2=O)COC1. The van der Waals surface area contributed by atoms with Gasteiger partial charge in [-0.25, -0.2) is 0 Å². The summed E-state index contributed by atoms with van der Waals surface area (Å²) in [6, 6.07) is 0. The summed E-state index contributed by atoms with van der Waals surface area (Å²) < 4.78 is 9.48. The zero-order valence-corrected chi connectivity index (χ0v) is 6.83. The van der Waals surface area contributed by atoms with E-state index in [9.17, 15) is 9.59 Å². The Balaban J connectivity index is 2.13. The molecule has 0 amide bonds. The minimum atomic E-state index is -0.405. The lowest BCUT2D eigenvalue weighted by Gasteiger charge is -2.40. The molecule has 0 spiro atoms. The second kappa shape index (κ2) is 2.29. The molecule has 1 atom stereocenters. The summed E-state index contributed by atoms with van der Waals surface area (Å²) in [7, 11) is 0. The average molecular weight is 170 g/mol. The monoisotopic (exact) mass is 170 g/mol. The Hall–Kier alpha value is -0.900. The summed E-state index contributed by atoms with van der Waals surface area (Å²) in [6.07, 6.45) is 0.221. The van der Waals surface area contributed by atoms with Crippen molar-refractivity contribution in [3.63, 3.8) is 0 Å². The Labute approximate surface area is 69.8 Å². The second-order valence-corrected chi connectivity index (χ2v) is 3.70. The van der Waals surface area contributed by atoms with Gasteiger partial charge < -0.3 is 9.47 Å². The van der Waals surface area contributed by atoms with Crippen LogP contribution in [-0.2, 0) is 19.1 Å². The van der Waals surface area contributed by atoms with Crippen LogP contribution in [0.15, 0.2) is 0 Å². The lowest BCUT2D eigenvalue weighted by Crippen LogP contribution is -2.47. The first-order valence-corrected chi connectivity index (χ1v) is 3.94. The highest BCUT2D eigenvalue weighted by Crippen LogP contribution is 2.40. The van der Waals surface area contributed by atoms with Gasteiger partial charge in [0.2, 0.25) is 0 Å². The van der Waals surface area contributed by atoms with Gasteiger partial charge in [0.25, 0.3) is 0 Å². The van der Waals surface area contributed by atoms with Gasteiger partial charge in [-0.15, -0.1) is 0 Å². The Kier molecular flexibility index (Phi) is 1.48. The van der Waals surface area contributed by atoms with Gasteiger partial charge in [-0.1, -0.05) is 6.92 Å². The first-order chi connectivity index (χ1) is 5.62. The van der Waals surface area contributed by atoms with Gasteiger partial charge >= 0.3 is 11.9 Å².